The molecule has 2 aromatic carbocycles. The van der Waals surface area contributed by atoms with E-state index in [9.17, 15) is 14.3 Å². The molecule has 0 aliphatic heterocycles. The van der Waals surface area contributed by atoms with E-state index in [-0.39, 0.29) is 5.91 Å². The number of halogens is 2. The van der Waals surface area contributed by atoms with Gasteiger partial charge in [-0.2, -0.15) is 0 Å². The van der Waals surface area contributed by atoms with Crippen molar-refractivity contribution in [2.45, 2.75) is 6.92 Å². The minimum Gasteiger partial charge on any atom is -0.505 e. The fourth-order valence-electron chi connectivity index (χ4n) is 1.72. The molecule has 0 unspecified atom stereocenters. The summed E-state index contributed by atoms with van der Waals surface area (Å²) in [5, 5.41) is 12.5. The monoisotopic (exact) mass is 305 g/mol. The molecule has 0 bridgehead atoms. The molecule has 0 spiro atoms. The molecule has 1 amide bonds. The number of carbonyl (C=O) groups is 1. The van der Waals surface area contributed by atoms with Crippen LogP contribution in [0, 0.1) is 12.7 Å². The molecule has 3 nitrogen and oxygen atoms in total. The maximum atomic E-state index is 12.9. The number of anilines is 1. The molecule has 0 saturated carbocycles. The van der Waals surface area contributed by atoms with Crippen LogP contribution in [-0.2, 0) is 4.79 Å². The van der Waals surface area contributed by atoms with Crippen LogP contribution in [0.2, 0.25) is 5.02 Å². The second-order valence-corrected chi connectivity index (χ2v) is 4.85. The van der Waals surface area contributed by atoms with Crippen LogP contribution in [-0.4, -0.2) is 11.0 Å². The number of hydrogen-bond acceptors (Lipinski definition) is 2. The van der Waals surface area contributed by atoms with Gasteiger partial charge in [0.15, 0.2) is 11.6 Å². The van der Waals surface area contributed by atoms with E-state index in [0.29, 0.717) is 16.3 Å². The average Bonchev–Trinajstić information content (AvgIpc) is 2.45. The first kappa shape index (κ1) is 15.1. The first-order chi connectivity index (χ1) is 9.97. The van der Waals surface area contributed by atoms with E-state index in [2.05, 4.69) is 5.32 Å². The summed E-state index contributed by atoms with van der Waals surface area (Å²) in [5.41, 5.74) is 1.92. The van der Waals surface area contributed by atoms with Gasteiger partial charge in [0, 0.05) is 16.8 Å². The highest BCUT2D eigenvalue weighted by molar-refractivity contribution is 6.31. The lowest BCUT2D eigenvalue weighted by atomic mass is 10.2. The van der Waals surface area contributed by atoms with Gasteiger partial charge in [0.2, 0.25) is 5.91 Å². The summed E-state index contributed by atoms with van der Waals surface area (Å²) in [7, 11) is 0. The predicted octanol–water partition coefficient (Wildman–Crippen LogP) is 4.15. The third-order valence-corrected chi connectivity index (χ3v) is 3.33. The van der Waals surface area contributed by atoms with Gasteiger partial charge in [-0.15, -0.1) is 0 Å². The second kappa shape index (κ2) is 6.41. The Bertz CT molecular complexity index is 713. The zero-order valence-corrected chi connectivity index (χ0v) is 12.0. The molecule has 0 fully saturated rings. The number of hydrogen-bond donors (Lipinski definition) is 2. The molecule has 0 heterocycles. The molecule has 0 saturated heterocycles. The summed E-state index contributed by atoms with van der Waals surface area (Å²) in [6, 6.07) is 9.06. The number of phenolic OH excluding ortho intramolecular Hbond substituents is 1. The Balaban J connectivity index is 2.09. The Morgan fingerprint density at radius 3 is 2.81 bits per heavy atom. The highest BCUT2D eigenvalue weighted by Gasteiger charge is 2.04. The van der Waals surface area contributed by atoms with Crippen LogP contribution in [0.3, 0.4) is 0 Å². The quantitative estimate of drug-likeness (QED) is 0.837. The van der Waals surface area contributed by atoms with Crippen molar-refractivity contribution in [2.24, 2.45) is 0 Å². The van der Waals surface area contributed by atoms with Crippen LogP contribution < -0.4 is 5.32 Å². The Labute approximate surface area is 126 Å². The lowest BCUT2D eigenvalue weighted by Gasteiger charge is -2.07. The van der Waals surface area contributed by atoms with Crippen LogP contribution in [0.4, 0.5) is 10.1 Å². The number of phenols is 1. The molecule has 2 N–H and O–H groups in total. The number of carbonyl (C=O) groups excluding carboxylic acids is 1. The van der Waals surface area contributed by atoms with Crippen LogP contribution in [0.15, 0.2) is 42.5 Å². The van der Waals surface area contributed by atoms with Crippen LogP contribution in [0.5, 0.6) is 5.75 Å². The van der Waals surface area contributed by atoms with Gasteiger partial charge < -0.3 is 10.4 Å². The van der Waals surface area contributed by atoms with E-state index in [1.54, 1.807) is 25.1 Å². The summed E-state index contributed by atoms with van der Waals surface area (Å²) in [4.78, 5) is 11.8. The topological polar surface area (TPSA) is 49.3 Å². The van der Waals surface area contributed by atoms with E-state index >= 15 is 0 Å². The first-order valence-electron chi connectivity index (χ1n) is 6.20. The Hall–Kier alpha value is -2.33. The van der Waals surface area contributed by atoms with Crippen molar-refractivity contribution in [3.8, 4) is 5.75 Å². The standard InChI is InChI=1S/C16H13ClFNO2/c1-10-12(17)3-2-4-14(10)19-16(21)8-6-11-5-7-13(18)15(20)9-11/h2-9,20H,1H3,(H,19,21)/b8-6+. The van der Waals surface area contributed by atoms with Crippen molar-refractivity contribution in [3.63, 3.8) is 0 Å². The Morgan fingerprint density at radius 2 is 2.10 bits per heavy atom. The summed E-state index contributed by atoms with van der Waals surface area (Å²) in [6.07, 6.45) is 2.78. The summed E-state index contributed by atoms with van der Waals surface area (Å²) in [6.45, 7) is 1.81. The molecule has 0 radical (unpaired) electrons. The normalized spacial score (nSPS) is 10.8. The Morgan fingerprint density at radius 1 is 1.33 bits per heavy atom. The largest absolute Gasteiger partial charge is 0.505 e. The SMILES string of the molecule is Cc1c(Cl)cccc1NC(=O)/C=C/c1ccc(F)c(O)c1. The van der Waals surface area contributed by atoms with Gasteiger partial charge in [0.05, 0.1) is 0 Å². The van der Waals surface area contributed by atoms with Gasteiger partial charge in [-0.3, -0.25) is 4.79 Å². The molecular weight excluding hydrogens is 293 g/mol. The lowest BCUT2D eigenvalue weighted by Crippen LogP contribution is -2.08. The van der Waals surface area contributed by atoms with Gasteiger partial charge in [0.25, 0.3) is 0 Å². The fourth-order valence-corrected chi connectivity index (χ4v) is 1.90. The lowest BCUT2D eigenvalue weighted by molar-refractivity contribution is -0.111. The summed E-state index contributed by atoms with van der Waals surface area (Å²) < 4.78 is 12.9. The molecule has 0 atom stereocenters. The van der Waals surface area contributed by atoms with E-state index in [0.717, 1.165) is 11.6 Å². The van der Waals surface area contributed by atoms with Crippen molar-refractivity contribution in [3.05, 3.63) is 64.4 Å². The first-order valence-corrected chi connectivity index (χ1v) is 6.58. The zero-order chi connectivity index (χ0) is 15.4. The Kier molecular flexibility index (Phi) is 4.60. The molecule has 0 aliphatic carbocycles. The maximum absolute atomic E-state index is 12.9. The van der Waals surface area contributed by atoms with Crippen molar-refractivity contribution >= 4 is 29.3 Å². The van der Waals surface area contributed by atoms with E-state index in [4.69, 9.17) is 11.6 Å². The third-order valence-electron chi connectivity index (χ3n) is 2.92. The van der Waals surface area contributed by atoms with Gasteiger partial charge in [-0.1, -0.05) is 23.7 Å². The zero-order valence-electron chi connectivity index (χ0n) is 11.2. The maximum Gasteiger partial charge on any atom is 0.248 e. The summed E-state index contributed by atoms with van der Waals surface area (Å²) in [5.74, 6) is -1.50. The number of rotatable bonds is 3. The van der Waals surface area contributed by atoms with E-state index in [1.165, 1.54) is 24.3 Å². The molecule has 108 valence electrons. The van der Waals surface area contributed by atoms with Gasteiger partial charge in [-0.05, 0) is 48.4 Å². The smallest absolute Gasteiger partial charge is 0.248 e. The summed E-state index contributed by atoms with van der Waals surface area (Å²) >= 11 is 5.97. The van der Waals surface area contributed by atoms with Crippen LogP contribution >= 0.6 is 11.6 Å². The van der Waals surface area contributed by atoms with Crippen LogP contribution in [0.1, 0.15) is 11.1 Å². The third kappa shape index (κ3) is 3.83. The average molecular weight is 306 g/mol. The second-order valence-electron chi connectivity index (χ2n) is 4.45. The van der Waals surface area contributed by atoms with Gasteiger partial charge in [0.1, 0.15) is 0 Å². The van der Waals surface area contributed by atoms with Gasteiger partial charge in [-0.25, -0.2) is 4.39 Å². The molecule has 2 rings (SSSR count). The van der Waals surface area contributed by atoms with Crippen molar-refractivity contribution in [1.29, 1.82) is 0 Å². The number of aromatic hydroxyl groups is 1. The van der Waals surface area contributed by atoms with Crippen molar-refractivity contribution in [2.75, 3.05) is 5.32 Å². The van der Waals surface area contributed by atoms with E-state index < -0.39 is 11.6 Å². The molecule has 2 aromatic rings. The van der Waals surface area contributed by atoms with E-state index in [1.807, 2.05) is 0 Å². The predicted molar refractivity (Wildman–Crippen MR) is 81.9 cm³/mol. The number of benzene rings is 2. The highest BCUT2D eigenvalue weighted by atomic mass is 35.5. The highest BCUT2D eigenvalue weighted by Crippen LogP contribution is 2.23. The minimum atomic E-state index is -0.703. The molecule has 0 aromatic heterocycles. The van der Waals surface area contributed by atoms with Crippen molar-refractivity contribution in [1.82, 2.24) is 0 Å². The molecule has 0 aliphatic rings. The minimum absolute atomic E-state index is 0.343. The van der Waals surface area contributed by atoms with Crippen molar-refractivity contribution < 1.29 is 14.3 Å². The molecule has 21 heavy (non-hydrogen) atoms. The molecule has 5 heteroatoms. The fraction of sp³-hybridized carbons (Fsp3) is 0.0625. The number of nitrogens with one attached hydrogen (secondary N) is 1. The number of amides is 1. The van der Waals surface area contributed by atoms with Gasteiger partial charge >= 0.3 is 0 Å². The van der Waals surface area contributed by atoms with Crippen LogP contribution in [0.25, 0.3) is 6.08 Å². The molecular formula is C16H13ClFNO2.